The lowest BCUT2D eigenvalue weighted by molar-refractivity contribution is 0.0594. The fourth-order valence-electron chi connectivity index (χ4n) is 1.64. The summed E-state index contributed by atoms with van der Waals surface area (Å²) in [6, 6.07) is 8.02. The Morgan fingerprint density at radius 3 is 2.47 bits per heavy atom. The molecule has 17 heavy (non-hydrogen) atoms. The maximum absolute atomic E-state index is 11.4. The molecule has 1 aromatic heterocycles. The third-order valence-corrected chi connectivity index (χ3v) is 2.59. The van der Waals surface area contributed by atoms with Crippen LogP contribution in [0.25, 0.3) is 5.69 Å². The zero-order valence-corrected chi connectivity index (χ0v) is 10.1. The summed E-state index contributed by atoms with van der Waals surface area (Å²) >= 11 is 0. The summed E-state index contributed by atoms with van der Waals surface area (Å²) in [6.07, 6.45) is 1.69. The van der Waals surface area contributed by atoms with Gasteiger partial charge in [-0.2, -0.15) is 0 Å². The van der Waals surface area contributed by atoms with Crippen LogP contribution in [0.1, 0.15) is 21.9 Å². The van der Waals surface area contributed by atoms with Crippen LogP contribution in [0.4, 0.5) is 0 Å². The van der Waals surface area contributed by atoms with Crippen molar-refractivity contribution in [2.75, 3.05) is 7.11 Å². The van der Waals surface area contributed by atoms with Crippen molar-refractivity contribution in [3.63, 3.8) is 0 Å². The molecule has 4 nitrogen and oxygen atoms in total. The van der Waals surface area contributed by atoms with Gasteiger partial charge in [0.05, 0.1) is 7.11 Å². The van der Waals surface area contributed by atoms with Crippen LogP contribution in [0.5, 0.6) is 0 Å². The molecular weight excluding hydrogens is 216 g/mol. The van der Waals surface area contributed by atoms with Gasteiger partial charge in [-0.25, -0.2) is 9.78 Å². The number of aryl methyl sites for hydroxylation is 2. The number of nitrogens with zero attached hydrogens (tertiary/aromatic N) is 2. The standard InChI is InChI=1S/C13H14N2O2/c1-9-4-6-11(7-5-9)15-8-12(13(16)17-3)14-10(15)2/h4-8H,1-3H3. The monoisotopic (exact) mass is 230 g/mol. The van der Waals surface area contributed by atoms with Crippen LogP contribution in [-0.4, -0.2) is 22.6 Å². The lowest BCUT2D eigenvalue weighted by atomic mass is 10.2. The van der Waals surface area contributed by atoms with Gasteiger partial charge in [0.2, 0.25) is 0 Å². The second kappa shape index (κ2) is 4.41. The molecule has 0 unspecified atom stereocenters. The van der Waals surface area contributed by atoms with Crippen LogP contribution in [0.15, 0.2) is 30.5 Å². The van der Waals surface area contributed by atoms with Crippen molar-refractivity contribution in [1.82, 2.24) is 9.55 Å². The third-order valence-electron chi connectivity index (χ3n) is 2.59. The Balaban J connectivity index is 2.42. The van der Waals surface area contributed by atoms with E-state index < -0.39 is 5.97 Å². The van der Waals surface area contributed by atoms with Gasteiger partial charge in [-0.3, -0.25) is 0 Å². The number of hydrogen-bond acceptors (Lipinski definition) is 3. The normalized spacial score (nSPS) is 10.3. The highest BCUT2D eigenvalue weighted by molar-refractivity contribution is 5.87. The second-order valence-electron chi connectivity index (χ2n) is 3.87. The van der Waals surface area contributed by atoms with Crippen molar-refractivity contribution in [3.05, 3.63) is 47.5 Å². The SMILES string of the molecule is COC(=O)c1cn(-c2ccc(C)cc2)c(C)n1. The van der Waals surface area contributed by atoms with Gasteiger partial charge in [0.1, 0.15) is 5.82 Å². The molecule has 0 fully saturated rings. The number of esters is 1. The van der Waals surface area contributed by atoms with Gasteiger partial charge >= 0.3 is 5.97 Å². The molecule has 88 valence electrons. The Bertz CT molecular complexity index is 541. The van der Waals surface area contributed by atoms with Gasteiger partial charge < -0.3 is 9.30 Å². The summed E-state index contributed by atoms with van der Waals surface area (Å²) < 4.78 is 6.51. The second-order valence-corrected chi connectivity index (χ2v) is 3.87. The first kappa shape index (κ1) is 11.4. The zero-order valence-electron chi connectivity index (χ0n) is 10.1. The molecule has 0 aliphatic rings. The van der Waals surface area contributed by atoms with Crippen molar-refractivity contribution < 1.29 is 9.53 Å². The Morgan fingerprint density at radius 1 is 1.24 bits per heavy atom. The molecule has 4 heteroatoms. The average Bonchev–Trinajstić information content (AvgIpc) is 2.71. The minimum atomic E-state index is -0.418. The summed E-state index contributed by atoms with van der Waals surface area (Å²) in [5.74, 6) is 0.341. The summed E-state index contributed by atoms with van der Waals surface area (Å²) in [4.78, 5) is 15.5. The van der Waals surface area contributed by atoms with Gasteiger partial charge in [-0.05, 0) is 26.0 Å². The van der Waals surface area contributed by atoms with Gasteiger partial charge in [0.25, 0.3) is 0 Å². The van der Waals surface area contributed by atoms with Gasteiger partial charge in [0, 0.05) is 11.9 Å². The first-order chi connectivity index (χ1) is 8.11. The minimum absolute atomic E-state index is 0.325. The van der Waals surface area contributed by atoms with Crippen molar-refractivity contribution >= 4 is 5.97 Å². The minimum Gasteiger partial charge on any atom is -0.464 e. The van der Waals surface area contributed by atoms with E-state index in [1.54, 1.807) is 6.20 Å². The molecular formula is C13H14N2O2. The summed E-state index contributed by atoms with van der Waals surface area (Å²) in [5, 5.41) is 0. The predicted octanol–water partition coefficient (Wildman–Crippen LogP) is 2.28. The number of benzene rings is 1. The van der Waals surface area contributed by atoms with Gasteiger partial charge in [-0.1, -0.05) is 17.7 Å². The highest BCUT2D eigenvalue weighted by Gasteiger charge is 2.12. The van der Waals surface area contributed by atoms with E-state index in [0.29, 0.717) is 5.69 Å². The zero-order chi connectivity index (χ0) is 12.4. The van der Waals surface area contributed by atoms with Gasteiger partial charge in [0.15, 0.2) is 5.69 Å². The lowest BCUT2D eigenvalue weighted by Gasteiger charge is -2.04. The smallest absolute Gasteiger partial charge is 0.358 e. The molecule has 0 aliphatic heterocycles. The molecule has 0 spiro atoms. The average molecular weight is 230 g/mol. The van der Waals surface area contributed by atoms with Crippen LogP contribution >= 0.6 is 0 Å². The van der Waals surface area contributed by atoms with E-state index in [1.165, 1.54) is 12.7 Å². The fourth-order valence-corrected chi connectivity index (χ4v) is 1.64. The van der Waals surface area contributed by atoms with E-state index in [-0.39, 0.29) is 0 Å². The van der Waals surface area contributed by atoms with Crippen molar-refractivity contribution in [2.45, 2.75) is 13.8 Å². The molecule has 0 N–H and O–H groups in total. The molecule has 0 atom stereocenters. The largest absolute Gasteiger partial charge is 0.464 e. The van der Waals surface area contributed by atoms with Crippen LogP contribution in [0.3, 0.4) is 0 Å². The van der Waals surface area contributed by atoms with Crippen molar-refractivity contribution in [2.24, 2.45) is 0 Å². The summed E-state index contributed by atoms with van der Waals surface area (Å²) in [7, 11) is 1.35. The molecule has 0 amide bonds. The van der Waals surface area contributed by atoms with E-state index in [4.69, 9.17) is 0 Å². The molecule has 1 aromatic carbocycles. The maximum Gasteiger partial charge on any atom is 0.358 e. The Morgan fingerprint density at radius 2 is 1.88 bits per heavy atom. The topological polar surface area (TPSA) is 44.1 Å². The van der Waals surface area contributed by atoms with Crippen molar-refractivity contribution in [3.8, 4) is 5.69 Å². The molecule has 0 radical (unpaired) electrons. The first-order valence-electron chi connectivity index (χ1n) is 5.33. The molecule has 2 rings (SSSR count). The van der Waals surface area contributed by atoms with E-state index in [9.17, 15) is 4.79 Å². The molecule has 0 bridgehead atoms. The van der Waals surface area contributed by atoms with E-state index >= 15 is 0 Å². The molecule has 0 saturated carbocycles. The maximum atomic E-state index is 11.4. The van der Waals surface area contributed by atoms with E-state index in [2.05, 4.69) is 9.72 Å². The number of imidazole rings is 1. The molecule has 0 saturated heterocycles. The van der Waals surface area contributed by atoms with Crippen LogP contribution in [0.2, 0.25) is 0 Å². The van der Waals surface area contributed by atoms with Crippen LogP contribution in [-0.2, 0) is 4.74 Å². The number of rotatable bonds is 2. The predicted molar refractivity (Wildman–Crippen MR) is 64.4 cm³/mol. The highest BCUT2D eigenvalue weighted by Crippen LogP contribution is 2.13. The van der Waals surface area contributed by atoms with E-state index in [0.717, 1.165) is 11.5 Å². The number of methoxy groups -OCH3 is 1. The first-order valence-corrected chi connectivity index (χ1v) is 5.33. The lowest BCUT2D eigenvalue weighted by Crippen LogP contribution is -2.01. The number of aromatic nitrogens is 2. The molecule has 2 aromatic rings. The highest BCUT2D eigenvalue weighted by atomic mass is 16.5. The summed E-state index contributed by atoms with van der Waals surface area (Å²) in [5.41, 5.74) is 2.50. The number of carbonyl (C=O) groups excluding carboxylic acids is 1. The number of ether oxygens (including phenoxy) is 1. The van der Waals surface area contributed by atoms with Crippen LogP contribution < -0.4 is 0 Å². The fraction of sp³-hybridized carbons (Fsp3) is 0.231. The molecule has 0 aliphatic carbocycles. The quantitative estimate of drug-likeness (QED) is 0.743. The number of hydrogen-bond donors (Lipinski definition) is 0. The summed E-state index contributed by atoms with van der Waals surface area (Å²) in [6.45, 7) is 3.89. The Kier molecular flexibility index (Phi) is 2.95. The van der Waals surface area contributed by atoms with E-state index in [1.807, 2.05) is 42.7 Å². The van der Waals surface area contributed by atoms with Crippen molar-refractivity contribution in [1.29, 1.82) is 0 Å². The third kappa shape index (κ3) is 2.20. The molecule has 1 heterocycles. The number of carbonyl (C=O) groups is 1. The van der Waals surface area contributed by atoms with Gasteiger partial charge in [-0.15, -0.1) is 0 Å². The van der Waals surface area contributed by atoms with Crippen LogP contribution in [0, 0.1) is 13.8 Å². The Hall–Kier alpha value is -2.10. The Labute approximate surface area is 99.9 Å².